The second-order valence-corrected chi connectivity index (χ2v) is 4.77. The predicted octanol–water partition coefficient (Wildman–Crippen LogP) is 2.52. The zero-order valence-electron chi connectivity index (χ0n) is 10.3. The van der Waals surface area contributed by atoms with Gasteiger partial charge in [0.25, 0.3) is 0 Å². The van der Waals surface area contributed by atoms with Gasteiger partial charge in [0.15, 0.2) is 0 Å². The van der Waals surface area contributed by atoms with Crippen molar-refractivity contribution in [2.75, 3.05) is 20.1 Å². The molecule has 88 valence electrons. The molecule has 0 aromatic heterocycles. The topological polar surface area (TPSA) is 29.3 Å². The fourth-order valence-electron chi connectivity index (χ4n) is 2.20. The summed E-state index contributed by atoms with van der Waals surface area (Å²) < 4.78 is 0. The lowest BCUT2D eigenvalue weighted by Crippen LogP contribution is -2.30. The highest BCUT2D eigenvalue weighted by molar-refractivity contribution is 5.29. The average molecular weight is 218 g/mol. The Labute approximate surface area is 98.4 Å². The summed E-state index contributed by atoms with van der Waals surface area (Å²) in [6.07, 6.45) is 2.74. The molecule has 2 heteroatoms. The Hall–Kier alpha value is -0.860. The summed E-state index contributed by atoms with van der Waals surface area (Å²) >= 11 is 0. The first kappa shape index (κ1) is 11.6. The minimum absolute atomic E-state index is 0.359. The first-order valence-corrected chi connectivity index (χ1v) is 6.26. The molecule has 1 aliphatic carbocycles. The van der Waals surface area contributed by atoms with Crippen molar-refractivity contribution < 1.29 is 0 Å². The number of hydrogen-bond acceptors (Lipinski definition) is 2. The fourth-order valence-corrected chi connectivity index (χ4v) is 2.20. The van der Waals surface area contributed by atoms with Gasteiger partial charge in [0.2, 0.25) is 0 Å². The molecule has 0 radical (unpaired) electrons. The molecule has 2 N–H and O–H groups in total. The Morgan fingerprint density at radius 2 is 1.94 bits per heavy atom. The van der Waals surface area contributed by atoms with Gasteiger partial charge in [-0.2, -0.15) is 0 Å². The highest BCUT2D eigenvalue weighted by Gasteiger charge is 2.23. The molecule has 2 rings (SSSR count). The Balaban J connectivity index is 2.11. The van der Waals surface area contributed by atoms with Crippen LogP contribution in [-0.2, 0) is 0 Å². The second-order valence-electron chi connectivity index (χ2n) is 4.77. The first-order valence-electron chi connectivity index (χ1n) is 6.26. The smallest absolute Gasteiger partial charge is 0.0467 e. The minimum Gasteiger partial charge on any atom is -0.329 e. The zero-order valence-corrected chi connectivity index (χ0v) is 10.3. The molecule has 0 heterocycles. The number of benzene rings is 1. The van der Waals surface area contributed by atoms with Crippen LogP contribution in [0.15, 0.2) is 24.3 Å². The monoisotopic (exact) mass is 218 g/mol. The third-order valence-corrected chi connectivity index (χ3v) is 3.62. The van der Waals surface area contributed by atoms with Gasteiger partial charge in [-0.3, -0.25) is 4.90 Å². The Bertz CT molecular complexity index is 327. The van der Waals surface area contributed by atoms with Crippen molar-refractivity contribution in [1.82, 2.24) is 4.90 Å². The number of nitrogens with zero attached hydrogens (tertiary/aromatic N) is 1. The van der Waals surface area contributed by atoms with Gasteiger partial charge in [0, 0.05) is 12.6 Å². The van der Waals surface area contributed by atoms with Gasteiger partial charge in [-0.1, -0.05) is 31.2 Å². The van der Waals surface area contributed by atoms with E-state index in [9.17, 15) is 0 Å². The van der Waals surface area contributed by atoms with E-state index in [4.69, 9.17) is 5.73 Å². The normalized spacial score (nSPS) is 17.8. The quantitative estimate of drug-likeness (QED) is 0.823. The van der Waals surface area contributed by atoms with E-state index in [-0.39, 0.29) is 0 Å². The van der Waals surface area contributed by atoms with E-state index in [2.05, 4.69) is 43.1 Å². The van der Waals surface area contributed by atoms with E-state index in [1.54, 1.807) is 0 Å². The summed E-state index contributed by atoms with van der Waals surface area (Å²) in [5.41, 5.74) is 8.69. The van der Waals surface area contributed by atoms with Crippen LogP contribution in [0.25, 0.3) is 0 Å². The van der Waals surface area contributed by atoms with Gasteiger partial charge in [0.05, 0.1) is 0 Å². The SMILES string of the molecule is CCN(C)C(CN)c1ccc(C2CC2)cc1. The van der Waals surface area contributed by atoms with Gasteiger partial charge in [-0.05, 0) is 43.5 Å². The molecule has 0 aliphatic heterocycles. The van der Waals surface area contributed by atoms with Crippen LogP contribution in [0.5, 0.6) is 0 Å². The van der Waals surface area contributed by atoms with Gasteiger partial charge >= 0.3 is 0 Å². The molecule has 1 aliphatic rings. The maximum absolute atomic E-state index is 5.85. The molecule has 0 spiro atoms. The van der Waals surface area contributed by atoms with E-state index in [1.807, 2.05) is 0 Å². The third-order valence-electron chi connectivity index (χ3n) is 3.62. The van der Waals surface area contributed by atoms with Crippen LogP contribution >= 0.6 is 0 Å². The molecule has 1 fully saturated rings. The van der Waals surface area contributed by atoms with Crippen LogP contribution < -0.4 is 5.73 Å². The van der Waals surface area contributed by atoms with E-state index < -0.39 is 0 Å². The highest BCUT2D eigenvalue weighted by Crippen LogP contribution is 2.40. The second kappa shape index (κ2) is 4.98. The van der Waals surface area contributed by atoms with Gasteiger partial charge in [0.1, 0.15) is 0 Å². The Morgan fingerprint density at radius 1 is 1.31 bits per heavy atom. The van der Waals surface area contributed by atoms with Crippen LogP contribution in [0.4, 0.5) is 0 Å². The van der Waals surface area contributed by atoms with Crippen molar-refractivity contribution in [2.24, 2.45) is 5.73 Å². The molecule has 0 bridgehead atoms. The van der Waals surface area contributed by atoms with Crippen LogP contribution in [0.1, 0.15) is 42.9 Å². The summed E-state index contributed by atoms with van der Waals surface area (Å²) in [6, 6.07) is 9.41. The van der Waals surface area contributed by atoms with E-state index >= 15 is 0 Å². The highest BCUT2D eigenvalue weighted by atomic mass is 15.1. The number of rotatable bonds is 5. The predicted molar refractivity (Wildman–Crippen MR) is 68.5 cm³/mol. The van der Waals surface area contributed by atoms with Crippen LogP contribution in [0.3, 0.4) is 0 Å². The number of hydrogen-bond donors (Lipinski definition) is 1. The lowest BCUT2D eigenvalue weighted by molar-refractivity contribution is 0.263. The maximum atomic E-state index is 5.85. The molecule has 1 aromatic carbocycles. The lowest BCUT2D eigenvalue weighted by atomic mass is 10.0. The zero-order chi connectivity index (χ0) is 11.5. The van der Waals surface area contributed by atoms with Crippen molar-refractivity contribution in [3.05, 3.63) is 35.4 Å². The minimum atomic E-state index is 0.359. The Kier molecular flexibility index (Phi) is 3.62. The molecule has 0 amide bonds. The van der Waals surface area contributed by atoms with Crippen LogP contribution in [-0.4, -0.2) is 25.0 Å². The third kappa shape index (κ3) is 2.45. The summed E-state index contributed by atoms with van der Waals surface area (Å²) in [7, 11) is 2.13. The van der Waals surface area contributed by atoms with Gasteiger partial charge < -0.3 is 5.73 Å². The Morgan fingerprint density at radius 3 is 2.38 bits per heavy atom. The van der Waals surface area contributed by atoms with Crippen molar-refractivity contribution in [3.63, 3.8) is 0 Å². The van der Waals surface area contributed by atoms with Crippen molar-refractivity contribution in [1.29, 1.82) is 0 Å². The lowest BCUT2D eigenvalue weighted by Gasteiger charge is -2.26. The van der Waals surface area contributed by atoms with E-state index in [1.165, 1.54) is 24.0 Å². The van der Waals surface area contributed by atoms with Crippen molar-refractivity contribution in [3.8, 4) is 0 Å². The summed E-state index contributed by atoms with van der Waals surface area (Å²) in [5.74, 6) is 0.842. The standard InChI is InChI=1S/C14H22N2/c1-3-16(2)14(10-15)13-8-6-12(7-9-13)11-4-5-11/h6-9,11,14H,3-5,10,15H2,1-2H3. The maximum Gasteiger partial charge on any atom is 0.0467 e. The molecule has 1 unspecified atom stereocenters. The fraction of sp³-hybridized carbons (Fsp3) is 0.571. The molecule has 0 saturated heterocycles. The number of likely N-dealkylation sites (N-methyl/N-ethyl adjacent to an activating group) is 1. The van der Waals surface area contributed by atoms with Gasteiger partial charge in [-0.25, -0.2) is 0 Å². The molecule has 1 aromatic rings. The summed E-state index contributed by atoms with van der Waals surface area (Å²) in [6.45, 7) is 3.89. The molecular formula is C14H22N2. The summed E-state index contributed by atoms with van der Waals surface area (Å²) in [5, 5.41) is 0. The average Bonchev–Trinajstić information content (AvgIpc) is 3.14. The molecular weight excluding hydrogens is 196 g/mol. The summed E-state index contributed by atoms with van der Waals surface area (Å²) in [4.78, 5) is 2.30. The largest absolute Gasteiger partial charge is 0.329 e. The number of nitrogens with two attached hydrogens (primary N) is 1. The van der Waals surface area contributed by atoms with E-state index in [0.29, 0.717) is 12.6 Å². The molecule has 1 atom stereocenters. The van der Waals surface area contributed by atoms with Crippen molar-refractivity contribution >= 4 is 0 Å². The van der Waals surface area contributed by atoms with Gasteiger partial charge in [-0.15, -0.1) is 0 Å². The molecule has 1 saturated carbocycles. The van der Waals surface area contributed by atoms with E-state index in [0.717, 1.165) is 12.5 Å². The first-order chi connectivity index (χ1) is 7.76. The van der Waals surface area contributed by atoms with Crippen LogP contribution in [0.2, 0.25) is 0 Å². The molecule has 2 nitrogen and oxygen atoms in total. The van der Waals surface area contributed by atoms with Crippen molar-refractivity contribution in [2.45, 2.75) is 31.7 Å². The van der Waals surface area contributed by atoms with Crippen LogP contribution in [0, 0.1) is 0 Å². The molecule has 16 heavy (non-hydrogen) atoms.